The van der Waals surface area contributed by atoms with Gasteiger partial charge < -0.3 is 20.1 Å². The van der Waals surface area contributed by atoms with E-state index in [-0.39, 0.29) is 29.9 Å². The fourth-order valence-electron chi connectivity index (χ4n) is 6.12. The number of alkyl halides is 2. The van der Waals surface area contributed by atoms with Gasteiger partial charge in [0.15, 0.2) is 17.5 Å². The number of benzene rings is 1. The van der Waals surface area contributed by atoms with Crippen molar-refractivity contribution < 1.29 is 42.0 Å². The van der Waals surface area contributed by atoms with Crippen LogP contribution in [0.15, 0.2) is 30.6 Å². The molecule has 1 saturated heterocycles. The standard InChI is InChI=1S/C27H32F5N5O4S/c1-14-3-8-33-35-22(14)25(26(40)4-6-27(31,32)7-5-26)42-13-19(41-2)23(24(39)20(42)12-38)37-11-18(34-36-37)15-9-16(28)21(30)17(29)10-15/h3,8-11,19-20,23-25,38-40,42H,4-7,12-13H2,1-2H3/t19-,20+,23+,24-,25+/m0/s1. The van der Waals surface area contributed by atoms with Gasteiger partial charge in [-0.25, -0.2) is 37.5 Å². The first-order chi connectivity index (χ1) is 19.9. The Morgan fingerprint density at radius 1 is 1.12 bits per heavy atom. The first-order valence-corrected chi connectivity index (χ1v) is 15.1. The third-order valence-electron chi connectivity index (χ3n) is 8.43. The van der Waals surface area contributed by atoms with Gasteiger partial charge in [0, 0.05) is 42.7 Å². The number of ether oxygens (including phenoxy) is 1. The lowest BCUT2D eigenvalue weighted by molar-refractivity contribution is -0.105. The molecule has 1 saturated carbocycles. The minimum absolute atomic E-state index is 0.00810. The summed E-state index contributed by atoms with van der Waals surface area (Å²) in [6, 6.07) is 2.33. The van der Waals surface area contributed by atoms with Gasteiger partial charge >= 0.3 is 0 Å². The number of aromatic nitrogens is 5. The number of aliphatic hydroxyl groups excluding tert-OH is 2. The van der Waals surface area contributed by atoms with Crippen LogP contribution in [-0.2, 0) is 4.74 Å². The average molecular weight is 618 g/mol. The summed E-state index contributed by atoms with van der Waals surface area (Å²) < 4.78 is 76.6. The highest BCUT2D eigenvalue weighted by Gasteiger charge is 2.54. The second kappa shape index (κ2) is 11.8. The summed E-state index contributed by atoms with van der Waals surface area (Å²) in [5.74, 6) is -7.12. The van der Waals surface area contributed by atoms with Gasteiger partial charge in [-0.2, -0.15) is 10.2 Å². The van der Waals surface area contributed by atoms with Crippen molar-refractivity contribution in [1.29, 1.82) is 0 Å². The lowest BCUT2D eigenvalue weighted by atomic mass is 9.79. The number of nitrogens with zero attached hydrogens (tertiary/aromatic N) is 5. The summed E-state index contributed by atoms with van der Waals surface area (Å²) in [6.07, 6.45) is -0.693. The number of halogens is 5. The summed E-state index contributed by atoms with van der Waals surface area (Å²) in [5, 5.41) is 48.8. The Hall–Kier alpha value is -2.72. The predicted octanol–water partition coefficient (Wildman–Crippen LogP) is 3.44. The summed E-state index contributed by atoms with van der Waals surface area (Å²) >= 11 is 0. The van der Waals surface area contributed by atoms with Crippen molar-refractivity contribution in [1.82, 2.24) is 25.2 Å². The number of hydrogen-bond acceptors (Lipinski definition) is 8. The fraction of sp³-hybridized carbons (Fsp3) is 0.556. The molecule has 1 unspecified atom stereocenters. The quantitative estimate of drug-likeness (QED) is 0.181. The van der Waals surface area contributed by atoms with Crippen LogP contribution in [0.25, 0.3) is 11.3 Å². The third-order valence-corrected chi connectivity index (χ3v) is 11.9. The maximum Gasteiger partial charge on any atom is 0.248 e. The molecule has 1 aliphatic heterocycles. The molecule has 2 fully saturated rings. The smallest absolute Gasteiger partial charge is 0.248 e. The molecule has 3 heterocycles. The average Bonchev–Trinajstić information content (AvgIpc) is 3.44. The molecule has 6 atom stereocenters. The molecular formula is C27H32F5N5O4S. The van der Waals surface area contributed by atoms with Crippen molar-refractivity contribution >= 4 is 10.9 Å². The number of aliphatic hydroxyl groups is 3. The van der Waals surface area contributed by atoms with Gasteiger partial charge in [0.25, 0.3) is 0 Å². The molecule has 0 radical (unpaired) electrons. The normalized spacial score (nSPS) is 28.9. The van der Waals surface area contributed by atoms with Crippen molar-refractivity contribution in [2.45, 2.75) is 72.9 Å². The van der Waals surface area contributed by atoms with E-state index >= 15 is 0 Å². The Kier molecular flexibility index (Phi) is 8.60. The molecule has 0 bridgehead atoms. The summed E-state index contributed by atoms with van der Waals surface area (Å²) in [4.78, 5) is 0. The van der Waals surface area contributed by atoms with Gasteiger partial charge in [-0.1, -0.05) is 5.21 Å². The molecule has 3 N–H and O–H groups in total. The molecule has 5 rings (SSSR count). The molecule has 15 heteroatoms. The largest absolute Gasteiger partial charge is 0.395 e. The van der Waals surface area contributed by atoms with Crippen LogP contribution in [0, 0.1) is 24.4 Å². The van der Waals surface area contributed by atoms with E-state index in [1.807, 2.05) is 0 Å². The maximum atomic E-state index is 14.2. The number of methoxy groups -OCH3 is 1. The van der Waals surface area contributed by atoms with Gasteiger partial charge in [0.2, 0.25) is 5.92 Å². The van der Waals surface area contributed by atoms with E-state index in [1.165, 1.54) is 24.2 Å². The molecule has 1 aromatic carbocycles. The number of thiol groups is 1. The molecule has 1 aliphatic carbocycles. The highest BCUT2D eigenvalue weighted by molar-refractivity contribution is 8.18. The fourth-order valence-corrected chi connectivity index (χ4v) is 9.99. The van der Waals surface area contributed by atoms with Crippen molar-refractivity contribution in [2.24, 2.45) is 0 Å². The first-order valence-electron chi connectivity index (χ1n) is 13.4. The van der Waals surface area contributed by atoms with Crippen molar-refractivity contribution in [3.8, 4) is 11.3 Å². The van der Waals surface area contributed by atoms with Gasteiger partial charge in [0.05, 0.1) is 41.6 Å². The minimum Gasteiger partial charge on any atom is -0.395 e. The van der Waals surface area contributed by atoms with Crippen LogP contribution in [0.2, 0.25) is 0 Å². The van der Waals surface area contributed by atoms with Gasteiger partial charge in [-0.15, -0.1) is 5.10 Å². The Morgan fingerprint density at radius 3 is 2.38 bits per heavy atom. The van der Waals surface area contributed by atoms with E-state index in [9.17, 15) is 37.3 Å². The van der Waals surface area contributed by atoms with Crippen molar-refractivity contribution in [3.63, 3.8) is 0 Å². The zero-order chi connectivity index (χ0) is 30.4. The van der Waals surface area contributed by atoms with E-state index in [0.29, 0.717) is 11.3 Å². The molecule has 0 spiro atoms. The van der Waals surface area contributed by atoms with Gasteiger partial charge in [0.1, 0.15) is 11.7 Å². The second-order valence-electron chi connectivity index (χ2n) is 11.0. The lowest BCUT2D eigenvalue weighted by Crippen LogP contribution is -2.54. The first kappa shape index (κ1) is 30.7. The second-order valence-corrected chi connectivity index (χ2v) is 13.6. The van der Waals surface area contributed by atoms with Crippen LogP contribution in [0.5, 0.6) is 0 Å². The van der Waals surface area contributed by atoms with E-state index in [0.717, 1.165) is 12.1 Å². The topological polar surface area (TPSA) is 126 Å². The van der Waals surface area contributed by atoms with E-state index in [2.05, 4.69) is 20.5 Å². The molecular weight excluding hydrogens is 585 g/mol. The van der Waals surface area contributed by atoms with E-state index in [4.69, 9.17) is 4.74 Å². The SMILES string of the molecule is CO[C@H]1C[SH]([C@H](c2nnccc2C)C2(O)CCC(F)(F)CC2)[C@H](CO)[C@H](O)[C@@H]1n1cc(-c2cc(F)c(F)c(F)c2)nn1. The zero-order valence-electron chi connectivity index (χ0n) is 22.8. The van der Waals surface area contributed by atoms with E-state index < -0.39 is 88.1 Å². The molecule has 42 heavy (non-hydrogen) atoms. The highest BCUT2D eigenvalue weighted by atomic mass is 32.2. The minimum atomic E-state index is -2.91. The van der Waals surface area contributed by atoms with Crippen LogP contribution >= 0.6 is 10.9 Å². The maximum absolute atomic E-state index is 14.2. The molecule has 2 aromatic heterocycles. The van der Waals surface area contributed by atoms with Crippen LogP contribution in [-0.4, -0.2) is 89.0 Å². The predicted molar refractivity (Wildman–Crippen MR) is 144 cm³/mol. The van der Waals surface area contributed by atoms with Crippen molar-refractivity contribution in [3.05, 3.63) is 59.3 Å². The molecule has 3 aromatic rings. The lowest BCUT2D eigenvalue weighted by Gasteiger charge is -2.53. The monoisotopic (exact) mass is 617 g/mol. The van der Waals surface area contributed by atoms with Crippen LogP contribution < -0.4 is 0 Å². The van der Waals surface area contributed by atoms with Crippen LogP contribution in [0.3, 0.4) is 0 Å². The number of rotatable bonds is 7. The van der Waals surface area contributed by atoms with Crippen LogP contribution in [0.1, 0.15) is 48.2 Å². The summed E-state index contributed by atoms with van der Waals surface area (Å²) in [5.41, 5.74) is -0.561. The third kappa shape index (κ3) is 5.64. The molecule has 9 nitrogen and oxygen atoms in total. The molecule has 0 amide bonds. The van der Waals surface area contributed by atoms with Crippen LogP contribution in [0.4, 0.5) is 22.0 Å². The van der Waals surface area contributed by atoms with E-state index in [1.54, 1.807) is 13.0 Å². The molecule has 230 valence electrons. The Balaban J connectivity index is 1.52. The highest BCUT2D eigenvalue weighted by Crippen LogP contribution is 2.61. The summed E-state index contributed by atoms with van der Waals surface area (Å²) in [7, 11) is -0.154. The number of hydrogen-bond donors (Lipinski definition) is 4. The Bertz CT molecular complexity index is 1400. The summed E-state index contributed by atoms with van der Waals surface area (Å²) in [6.45, 7) is 1.27. The Labute approximate surface area is 241 Å². The number of aryl methyl sites for hydroxylation is 1. The Morgan fingerprint density at radius 2 is 1.79 bits per heavy atom. The van der Waals surface area contributed by atoms with Crippen molar-refractivity contribution in [2.75, 3.05) is 19.5 Å². The molecule has 2 aliphatic rings. The zero-order valence-corrected chi connectivity index (χ0v) is 23.7. The van der Waals surface area contributed by atoms with Gasteiger partial charge in [-0.3, -0.25) is 0 Å². The van der Waals surface area contributed by atoms with Gasteiger partial charge in [-0.05, 0) is 43.5 Å².